The lowest BCUT2D eigenvalue weighted by Gasteiger charge is -2.03. The number of nitrogens with zero attached hydrogens (tertiary/aromatic N) is 1. The van der Waals surface area contributed by atoms with Crippen molar-refractivity contribution in [1.82, 2.24) is 4.98 Å². The second-order valence-electron chi connectivity index (χ2n) is 2.07. The van der Waals surface area contributed by atoms with Crippen LogP contribution < -0.4 is 0 Å². The van der Waals surface area contributed by atoms with Gasteiger partial charge in [0, 0.05) is 0 Å². The fourth-order valence-corrected chi connectivity index (χ4v) is 1.07. The Balaban J connectivity index is 2.95. The second-order valence-corrected chi connectivity index (χ2v) is 2.88. The van der Waals surface area contributed by atoms with Crippen molar-refractivity contribution in [2.45, 2.75) is 6.10 Å². The van der Waals surface area contributed by atoms with Crippen molar-refractivity contribution < 1.29 is 5.11 Å². The lowest BCUT2D eigenvalue weighted by atomic mass is 10.2. The van der Waals surface area contributed by atoms with Crippen molar-refractivity contribution in [1.29, 1.82) is 0 Å². The van der Waals surface area contributed by atoms with E-state index in [9.17, 15) is 5.11 Å². The van der Waals surface area contributed by atoms with Gasteiger partial charge in [0.25, 0.3) is 0 Å². The van der Waals surface area contributed by atoms with Crippen LogP contribution in [-0.2, 0) is 0 Å². The van der Waals surface area contributed by atoms with E-state index in [-0.39, 0.29) is 0 Å². The first-order valence-electron chi connectivity index (χ1n) is 3.17. The van der Waals surface area contributed by atoms with Crippen LogP contribution >= 0.6 is 15.9 Å². The Kier molecular flexibility index (Phi) is 2.79. The van der Waals surface area contributed by atoms with Crippen molar-refractivity contribution in [3.8, 4) is 0 Å². The Bertz CT molecular complexity index is 262. The third-order valence-corrected chi connectivity index (χ3v) is 1.70. The van der Waals surface area contributed by atoms with E-state index >= 15 is 0 Å². The minimum absolute atomic E-state index is 0.606. The first kappa shape index (κ1) is 8.43. The fraction of sp³-hybridized carbons (Fsp3) is 0.125. The molecule has 0 radical (unpaired) electrons. The molecule has 1 aromatic rings. The minimum Gasteiger partial charge on any atom is -0.383 e. The zero-order chi connectivity index (χ0) is 8.27. The molecule has 0 aliphatic rings. The number of halogens is 1. The van der Waals surface area contributed by atoms with Crippen molar-refractivity contribution in [2.75, 3.05) is 0 Å². The molecule has 0 saturated heterocycles. The van der Waals surface area contributed by atoms with E-state index in [0.29, 0.717) is 5.69 Å². The number of aliphatic hydroxyl groups is 1. The molecular weight excluding hydrogens is 206 g/mol. The molecule has 0 unspecified atom stereocenters. The summed E-state index contributed by atoms with van der Waals surface area (Å²) in [4.78, 5) is 4.04. The van der Waals surface area contributed by atoms with E-state index in [0.717, 1.165) is 4.60 Å². The SMILES string of the molecule is C=C[C@@H](O)c1cccc(Br)n1. The van der Waals surface area contributed by atoms with E-state index < -0.39 is 6.10 Å². The molecule has 0 amide bonds. The van der Waals surface area contributed by atoms with E-state index in [1.807, 2.05) is 6.07 Å². The van der Waals surface area contributed by atoms with E-state index in [4.69, 9.17) is 0 Å². The first-order valence-corrected chi connectivity index (χ1v) is 3.96. The summed E-state index contributed by atoms with van der Waals surface area (Å²) in [5.41, 5.74) is 0.606. The van der Waals surface area contributed by atoms with Gasteiger partial charge in [-0.1, -0.05) is 12.1 Å². The average molecular weight is 214 g/mol. The molecule has 0 fully saturated rings. The number of rotatable bonds is 2. The van der Waals surface area contributed by atoms with Gasteiger partial charge in [0.05, 0.1) is 5.69 Å². The van der Waals surface area contributed by atoms with Gasteiger partial charge in [-0.15, -0.1) is 6.58 Å². The predicted molar refractivity (Wildman–Crippen MR) is 47.1 cm³/mol. The van der Waals surface area contributed by atoms with Crippen molar-refractivity contribution in [3.05, 3.63) is 41.2 Å². The van der Waals surface area contributed by atoms with Crippen LogP contribution in [0.2, 0.25) is 0 Å². The molecule has 0 aliphatic heterocycles. The molecule has 11 heavy (non-hydrogen) atoms. The summed E-state index contributed by atoms with van der Waals surface area (Å²) in [5.74, 6) is 0. The summed E-state index contributed by atoms with van der Waals surface area (Å²) < 4.78 is 0.718. The lowest BCUT2D eigenvalue weighted by Crippen LogP contribution is -1.95. The summed E-state index contributed by atoms with van der Waals surface area (Å²) in [5, 5.41) is 9.25. The number of hydrogen-bond donors (Lipinski definition) is 1. The molecule has 0 aromatic carbocycles. The molecular formula is C8H8BrNO. The lowest BCUT2D eigenvalue weighted by molar-refractivity contribution is 0.224. The average Bonchev–Trinajstić information content (AvgIpc) is 2.03. The summed E-state index contributed by atoms with van der Waals surface area (Å²) in [6, 6.07) is 5.37. The first-order chi connectivity index (χ1) is 5.24. The van der Waals surface area contributed by atoms with Crippen LogP contribution in [0.4, 0.5) is 0 Å². The molecule has 0 spiro atoms. The van der Waals surface area contributed by atoms with Crippen molar-refractivity contribution in [2.24, 2.45) is 0 Å². The molecule has 1 atom stereocenters. The maximum atomic E-state index is 9.25. The van der Waals surface area contributed by atoms with Gasteiger partial charge in [-0.3, -0.25) is 0 Å². The Labute approximate surface area is 73.7 Å². The van der Waals surface area contributed by atoms with Crippen LogP contribution in [0, 0.1) is 0 Å². The molecule has 1 rings (SSSR count). The van der Waals surface area contributed by atoms with Gasteiger partial charge >= 0.3 is 0 Å². The topological polar surface area (TPSA) is 33.1 Å². The van der Waals surface area contributed by atoms with Crippen molar-refractivity contribution in [3.63, 3.8) is 0 Å². The summed E-state index contributed by atoms with van der Waals surface area (Å²) in [6.45, 7) is 3.46. The van der Waals surface area contributed by atoms with Crippen LogP contribution in [-0.4, -0.2) is 10.1 Å². The zero-order valence-electron chi connectivity index (χ0n) is 5.87. The molecule has 1 N–H and O–H groups in total. The van der Waals surface area contributed by atoms with Gasteiger partial charge in [-0.05, 0) is 28.1 Å². The molecule has 3 heteroatoms. The largest absolute Gasteiger partial charge is 0.383 e. The van der Waals surface area contributed by atoms with E-state index in [1.165, 1.54) is 6.08 Å². The number of aliphatic hydroxyl groups excluding tert-OH is 1. The Morgan fingerprint density at radius 3 is 2.91 bits per heavy atom. The van der Waals surface area contributed by atoms with Gasteiger partial charge in [-0.2, -0.15) is 0 Å². The van der Waals surface area contributed by atoms with Crippen LogP contribution in [0.15, 0.2) is 35.5 Å². The fourth-order valence-electron chi connectivity index (χ4n) is 0.709. The number of hydrogen-bond acceptors (Lipinski definition) is 2. The summed E-state index contributed by atoms with van der Waals surface area (Å²) in [7, 11) is 0. The highest BCUT2D eigenvalue weighted by Crippen LogP contribution is 2.13. The minimum atomic E-state index is -0.674. The highest BCUT2D eigenvalue weighted by Gasteiger charge is 2.02. The molecule has 0 aliphatic carbocycles. The van der Waals surface area contributed by atoms with Gasteiger partial charge in [0.15, 0.2) is 0 Å². The Hall–Kier alpha value is -0.670. The van der Waals surface area contributed by atoms with Crippen LogP contribution in [0.25, 0.3) is 0 Å². The van der Waals surface area contributed by atoms with Crippen LogP contribution in [0.1, 0.15) is 11.8 Å². The predicted octanol–water partition coefficient (Wildman–Crippen LogP) is 2.06. The van der Waals surface area contributed by atoms with Crippen LogP contribution in [0.3, 0.4) is 0 Å². The van der Waals surface area contributed by atoms with Crippen LogP contribution in [0.5, 0.6) is 0 Å². The summed E-state index contributed by atoms with van der Waals surface area (Å²) >= 11 is 3.20. The Morgan fingerprint density at radius 2 is 2.36 bits per heavy atom. The Morgan fingerprint density at radius 1 is 1.64 bits per heavy atom. The standard InChI is InChI=1S/C8H8BrNO/c1-2-7(11)6-4-3-5-8(9)10-6/h2-5,7,11H,1H2/t7-/m1/s1. The number of aromatic nitrogens is 1. The monoisotopic (exact) mass is 213 g/mol. The van der Waals surface area contributed by atoms with Gasteiger partial charge in [0.1, 0.15) is 10.7 Å². The maximum absolute atomic E-state index is 9.25. The van der Waals surface area contributed by atoms with Gasteiger partial charge in [0.2, 0.25) is 0 Å². The zero-order valence-corrected chi connectivity index (χ0v) is 7.45. The normalized spacial score (nSPS) is 12.5. The highest BCUT2D eigenvalue weighted by atomic mass is 79.9. The number of pyridine rings is 1. The smallest absolute Gasteiger partial charge is 0.114 e. The van der Waals surface area contributed by atoms with Gasteiger partial charge in [-0.25, -0.2) is 4.98 Å². The van der Waals surface area contributed by atoms with Crippen molar-refractivity contribution >= 4 is 15.9 Å². The third kappa shape index (κ3) is 2.13. The van der Waals surface area contributed by atoms with E-state index in [1.54, 1.807) is 12.1 Å². The van der Waals surface area contributed by atoms with Gasteiger partial charge < -0.3 is 5.11 Å². The highest BCUT2D eigenvalue weighted by molar-refractivity contribution is 9.10. The molecule has 1 aromatic heterocycles. The molecule has 58 valence electrons. The quantitative estimate of drug-likeness (QED) is 0.603. The summed E-state index contributed by atoms with van der Waals surface area (Å²) in [6.07, 6.45) is 0.766. The molecule has 0 bridgehead atoms. The maximum Gasteiger partial charge on any atom is 0.114 e. The second kappa shape index (κ2) is 3.64. The third-order valence-electron chi connectivity index (χ3n) is 1.26. The molecule has 0 saturated carbocycles. The molecule has 2 nitrogen and oxygen atoms in total. The van der Waals surface area contributed by atoms with E-state index in [2.05, 4.69) is 27.5 Å². The molecule has 1 heterocycles.